The summed E-state index contributed by atoms with van der Waals surface area (Å²) < 4.78 is 7.79. The molecule has 1 amide bonds. The number of aryl methyl sites for hydroxylation is 1. The Bertz CT molecular complexity index is 837. The highest BCUT2D eigenvalue weighted by atomic mass is 16.5. The first-order valence-electron chi connectivity index (χ1n) is 8.88. The van der Waals surface area contributed by atoms with Crippen LogP contribution in [0, 0.1) is 6.92 Å². The minimum atomic E-state index is -0.641. The minimum Gasteiger partial charge on any atom is -0.365 e. The van der Waals surface area contributed by atoms with Crippen LogP contribution in [0.4, 0.5) is 0 Å². The normalized spacial score (nSPS) is 31.7. The summed E-state index contributed by atoms with van der Waals surface area (Å²) in [5.74, 6) is 0.162. The first-order chi connectivity index (χ1) is 11.6. The lowest BCUT2D eigenvalue weighted by atomic mass is 9.94. The van der Waals surface area contributed by atoms with Crippen molar-refractivity contribution in [3.63, 3.8) is 0 Å². The van der Waals surface area contributed by atoms with Crippen molar-refractivity contribution < 1.29 is 9.53 Å². The molecule has 0 saturated carbocycles. The van der Waals surface area contributed by atoms with Crippen molar-refractivity contribution in [1.82, 2.24) is 19.5 Å². The highest BCUT2D eigenvalue weighted by Crippen LogP contribution is 2.45. The second-order valence-electron chi connectivity index (χ2n) is 7.56. The molecule has 0 spiro atoms. The number of hydrogen-bond acceptors (Lipinski definition) is 4. The highest BCUT2D eigenvalue weighted by Gasteiger charge is 2.50. The van der Waals surface area contributed by atoms with E-state index in [4.69, 9.17) is 4.74 Å². The van der Waals surface area contributed by atoms with E-state index < -0.39 is 5.60 Å². The quantitative estimate of drug-likeness (QED) is 0.806. The molecule has 2 aromatic heterocycles. The van der Waals surface area contributed by atoms with Gasteiger partial charge in [-0.25, -0.2) is 9.50 Å². The van der Waals surface area contributed by atoms with E-state index in [1.807, 2.05) is 30.6 Å². The summed E-state index contributed by atoms with van der Waals surface area (Å²) in [6, 6.07) is 2.38. The number of nitrogens with zero attached hydrogens (tertiary/aromatic N) is 4. The third-order valence-corrected chi connectivity index (χ3v) is 5.93. The molecule has 6 heteroatoms. The lowest BCUT2D eigenvalue weighted by molar-refractivity contribution is -0.154. The van der Waals surface area contributed by atoms with Gasteiger partial charge in [0.2, 0.25) is 0 Å². The molecule has 24 heavy (non-hydrogen) atoms. The van der Waals surface area contributed by atoms with Crippen molar-refractivity contribution in [2.75, 3.05) is 6.61 Å². The summed E-state index contributed by atoms with van der Waals surface area (Å²) >= 11 is 0. The van der Waals surface area contributed by atoms with Gasteiger partial charge in [0, 0.05) is 36.9 Å². The second kappa shape index (κ2) is 4.79. The average Bonchev–Trinajstić information content (AvgIpc) is 3.24. The van der Waals surface area contributed by atoms with Gasteiger partial charge in [-0.05, 0) is 39.5 Å². The van der Waals surface area contributed by atoms with Gasteiger partial charge >= 0.3 is 0 Å². The Morgan fingerprint density at radius 2 is 2.29 bits per heavy atom. The summed E-state index contributed by atoms with van der Waals surface area (Å²) in [6.45, 7) is 4.64. The van der Waals surface area contributed by atoms with Crippen LogP contribution in [0.25, 0.3) is 5.65 Å². The summed E-state index contributed by atoms with van der Waals surface area (Å²) in [4.78, 5) is 19.9. The number of carbonyl (C=O) groups excluding carboxylic acids is 1. The van der Waals surface area contributed by atoms with Crippen LogP contribution < -0.4 is 0 Å². The van der Waals surface area contributed by atoms with E-state index in [-0.39, 0.29) is 18.0 Å². The van der Waals surface area contributed by atoms with Crippen molar-refractivity contribution in [3.05, 3.63) is 29.2 Å². The number of ether oxygens (including phenoxy) is 1. The van der Waals surface area contributed by atoms with Crippen LogP contribution in [0.2, 0.25) is 0 Å². The largest absolute Gasteiger partial charge is 0.365 e. The number of amides is 1. The molecular weight excluding hydrogens is 304 g/mol. The minimum absolute atomic E-state index is 0.119. The van der Waals surface area contributed by atoms with Crippen molar-refractivity contribution in [3.8, 4) is 0 Å². The fourth-order valence-corrected chi connectivity index (χ4v) is 4.73. The molecule has 0 radical (unpaired) electrons. The summed E-state index contributed by atoms with van der Waals surface area (Å²) in [5.41, 5.74) is 3.62. The van der Waals surface area contributed by atoms with Crippen molar-refractivity contribution in [1.29, 1.82) is 0 Å². The van der Waals surface area contributed by atoms with E-state index in [1.54, 1.807) is 0 Å². The Morgan fingerprint density at radius 1 is 1.42 bits per heavy atom. The molecule has 2 fully saturated rings. The van der Waals surface area contributed by atoms with E-state index in [9.17, 15) is 4.79 Å². The maximum Gasteiger partial charge on any atom is 0.255 e. The van der Waals surface area contributed by atoms with Crippen LogP contribution in [-0.4, -0.2) is 43.7 Å². The summed E-state index contributed by atoms with van der Waals surface area (Å²) in [7, 11) is 0. The molecular formula is C18H22N4O2. The monoisotopic (exact) mass is 326 g/mol. The molecule has 3 aliphatic rings. The Labute approximate surface area is 140 Å². The molecule has 5 heterocycles. The fourth-order valence-electron chi connectivity index (χ4n) is 4.73. The van der Waals surface area contributed by atoms with Crippen LogP contribution in [0.3, 0.4) is 0 Å². The predicted molar refractivity (Wildman–Crippen MR) is 87.6 cm³/mol. The number of aromatic nitrogens is 3. The van der Waals surface area contributed by atoms with Gasteiger partial charge in [0.1, 0.15) is 5.60 Å². The van der Waals surface area contributed by atoms with Crippen molar-refractivity contribution in [2.45, 2.75) is 63.6 Å². The molecule has 126 valence electrons. The van der Waals surface area contributed by atoms with E-state index in [0.717, 1.165) is 49.0 Å². The van der Waals surface area contributed by atoms with E-state index in [2.05, 4.69) is 15.0 Å². The Morgan fingerprint density at radius 3 is 3.08 bits per heavy atom. The van der Waals surface area contributed by atoms with Gasteiger partial charge in [-0.15, -0.1) is 0 Å². The van der Waals surface area contributed by atoms with Gasteiger partial charge < -0.3 is 9.64 Å². The third-order valence-electron chi connectivity index (χ3n) is 5.93. The number of carbonyl (C=O) groups is 1. The molecule has 6 nitrogen and oxygen atoms in total. The number of rotatable bonds is 1. The van der Waals surface area contributed by atoms with Crippen LogP contribution in [0.15, 0.2) is 12.3 Å². The molecule has 0 N–H and O–H groups in total. The standard InChI is InChI=1S/C18H22N4O2/c1-11-8-16-19-10-13-14-5-4-12(9-15(13)22(16)20-11)21(14)17(23)18(2)6-3-7-24-18/h8,10,12,14H,3-7,9H2,1-2H3. The zero-order valence-electron chi connectivity index (χ0n) is 14.2. The van der Waals surface area contributed by atoms with Crippen molar-refractivity contribution in [2.24, 2.45) is 0 Å². The first-order valence-corrected chi connectivity index (χ1v) is 8.88. The molecule has 2 aromatic rings. The smallest absolute Gasteiger partial charge is 0.255 e. The van der Waals surface area contributed by atoms with Gasteiger partial charge in [0.05, 0.1) is 17.4 Å². The van der Waals surface area contributed by atoms with Crippen LogP contribution in [0.5, 0.6) is 0 Å². The first kappa shape index (κ1) is 14.4. The van der Waals surface area contributed by atoms with Gasteiger partial charge in [0.15, 0.2) is 5.65 Å². The molecule has 3 aliphatic heterocycles. The summed E-state index contributed by atoms with van der Waals surface area (Å²) in [6.07, 6.45) is 6.65. The Kier molecular flexibility index (Phi) is 2.87. The van der Waals surface area contributed by atoms with Crippen LogP contribution in [0.1, 0.15) is 55.6 Å². The topological polar surface area (TPSA) is 59.7 Å². The lowest BCUT2D eigenvalue weighted by Gasteiger charge is -2.40. The fraction of sp³-hybridized carbons (Fsp3) is 0.611. The maximum atomic E-state index is 13.2. The molecule has 3 unspecified atom stereocenters. The number of fused-ring (bicyclic) bond motifs is 6. The zero-order chi connectivity index (χ0) is 16.5. The van der Waals surface area contributed by atoms with E-state index >= 15 is 0 Å². The SMILES string of the molecule is Cc1cc2ncc3c(n2n1)CC1CCC3N1C(=O)C1(C)CCCO1. The Balaban J connectivity index is 1.58. The van der Waals surface area contributed by atoms with Crippen molar-refractivity contribution >= 4 is 11.6 Å². The molecule has 5 rings (SSSR count). The lowest BCUT2D eigenvalue weighted by Crippen LogP contribution is -2.52. The third kappa shape index (κ3) is 1.83. The molecule has 2 bridgehead atoms. The van der Waals surface area contributed by atoms with Gasteiger partial charge in [-0.2, -0.15) is 5.10 Å². The van der Waals surface area contributed by atoms with Crippen LogP contribution >= 0.6 is 0 Å². The van der Waals surface area contributed by atoms with Crippen LogP contribution in [-0.2, 0) is 16.0 Å². The average molecular weight is 326 g/mol. The van der Waals surface area contributed by atoms with Gasteiger partial charge in [0.25, 0.3) is 5.91 Å². The Hall–Kier alpha value is -1.95. The highest BCUT2D eigenvalue weighted by molar-refractivity contribution is 5.86. The number of hydrogen-bond donors (Lipinski definition) is 0. The maximum absolute atomic E-state index is 13.2. The second-order valence-corrected chi connectivity index (χ2v) is 7.56. The predicted octanol–water partition coefficient (Wildman–Crippen LogP) is 2.20. The van der Waals surface area contributed by atoms with Gasteiger partial charge in [-0.1, -0.05) is 0 Å². The van der Waals surface area contributed by atoms with Gasteiger partial charge in [-0.3, -0.25) is 4.79 Å². The molecule has 2 saturated heterocycles. The zero-order valence-corrected chi connectivity index (χ0v) is 14.2. The molecule has 3 atom stereocenters. The molecule has 0 aliphatic carbocycles. The molecule has 0 aromatic carbocycles. The van der Waals surface area contributed by atoms with E-state index in [0.29, 0.717) is 6.61 Å². The summed E-state index contributed by atoms with van der Waals surface area (Å²) in [5, 5.41) is 4.61. The van der Waals surface area contributed by atoms with E-state index in [1.165, 1.54) is 5.69 Å².